The Kier molecular flexibility index (Phi) is 6.02. The Morgan fingerprint density at radius 1 is 1.08 bits per heavy atom. The molecule has 0 atom stereocenters. The molecule has 1 aromatic rings. The van der Waals surface area contributed by atoms with Gasteiger partial charge in [-0.25, -0.2) is 0 Å². The fraction of sp³-hybridized carbons (Fsp3) is 0.455. The predicted octanol–water partition coefficient (Wildman–Crippen LogP) is 2.90. The molecule has 0 radical (unpaired) electrons. The van der Waals surface area contributed by atoms with Crippen LogP contribution in [0.5, 0.6) is 0 Å². The Morgan fingerprint density at radius 2 is 1.62 bits per heavy atom. The average Bonchev–Trinajstić information content (AvgIpc) is 2.02. The van der Waals surface area contributed by atoms with Gasteiger partial charge in [0.25, 0.3) is 0 Å². The molecular weight excluding hydrogens is 192 g/mol. The molecule has 0 saturated carbocycles. The molecule has 0 saturated heterocycles. The van der Waals surface area contributed by atoms with Crippen molar-refractivity contribution in [3.05, 3.63) is 30.3 Å². The Labute approximate surface area is 97.2 Å². The van der Waals surface area contributed by atoms with Gasteiger partial charge in [-0.15, -0.1) is 17.0 Å². The zero-order chi connectivity index (χ0) is 9.03. The Hall–Kier alpha value is 0.276. The van der Waals surface area contributed by atoms with E-state index in [2.05, 4.69) is 51.1 Å². The van der Waals surface area contributed by atoms with E-state index in [1.807, 2.05) is 0 Å². The normalized spacial score (nSPS) is 10.1. The van der Waals surface area contributed by atoms with Crippen LogP contribution in [0.3, 0.4) is 0 Å². The van der Waals surface area contributed by atoms with Gasteiger partial charge in [0, 0.05) is 0 Å². The third-order valence-corrected chi connectivity index (χ3v) is 4.81. The molecule has 0 nitrogen and oxygen atoms in total. The van der Waals surface area contributed by atoms with E-state index in [-0.39, 0.29) is 32.8 Å². The summed E-state index contributed by atoms with van der Waals surface area (Å²) in [5.74, 6) is 0. The first-order chi connectivity index (χ1) is 5.58. The van der Waals surface area contributed by atoms with Crippen LogP contribution in [0.25, 0.3) is 0 Å². The third kappa shape index (κ3) is 6.36. The van der Waals surface area contributed by atoms with Crippen molar-refractivity contribution in [1.82, 2.24) is 0 Å². The van der Waals surface area contributed by atoms with Crippen molar-refractivity contribution in [2.24, 2.45) is 5.41 Å². The third-order valence-electron chi connectivity index (χ3n) is 2.01. The average molecular weight is 209 g/mol. The van der Waals surface area contributed by atoms with Crippen molar-refractivity contribution in [3.63, 3.8) is 0 Å². The van der Waals surface area contributed by atoms with Gasteiger partial charge in [0.2, 0.25) is 0 Å². The molecule has 0 heterocycles. The van der Waals surface area contributed by atoms with Gasteiger partial charge in [-0.2, -0.15) is 3.69 Å². The van der Waals surface area contributed by atoms with E-state index in [4.69, 9.17) is 0 Å². The number of hydrogen-bond donors (Lipinski definition) is 0. The zero-order valence-corrected chi connectivity index (χ0v) is 10.9. The van der Waals surface area contributed by atoms with Crippen LogP contribution in [0.4, 0.5) is 0 Å². The summed E-state index contributed by atoms with van der Waals surface area (Å²) in [5, 5.41) is 0. The maximum atomic E-state index is 2.32. The summed E-state index contributed by atoms with van der Waals surface area (Å²) >= 11 is -0.0156. The van der Waals surface area contributed by atoms with E-state index in [9.17, 15) is 0 Å². The van der Waals surface area contributed by atoms with Crippen molar-refractivity contribution in [2.45, 2.75) is 25.3 Å². The molecule has 1 rings (SSSR count). The minimum Gasteiger partial charge on any atom is -0.174 e. The van der Waals surface area contributed by atoms with E-state index in [1.165, 1.54) is 4.55 Å². The van der Waals surface area contributed by atoms with Crippen LogP contribution in [0.2, 0.25) is 4.55 Å². The van der Waals surface area contributed by atoms with Gasteiger partial charge in [0.15, 0.2) is 0 Å². The second-order valence-electron chi connectivity index (χ2n) is 4.55. The molecule has 0 bridgehead atoms. The highest BCUT2D eigenvalue weighted by molar-refractivity contribution is 6.53. The summed E-state index contributed by atoms with van der Waals surface area (Å²) in [6, 6.07) is 10.9. The second kappa shape index (κ2) is 5.89. The summed E-state index contributed by atoms with van der Waals surface area (Å²) in [6.07, 6.45) is 0. The largest absolute Gasteiger partial charge is 0.409 e. The molecular formula is C11H17ClMg. The maximum absolute atomic E-state index is 2.32. The molecule has 0 fully saturated rings. The Bertz CT molecular complexity index is 226. The van der Waals surface area contributed by atoms with Crippen LogP contribution in [0.1, 0.15) is 20.8 Å². The minimum absolute atomic E-state index is 0. The van der Waals surface area contributed by atoms with E-state index < -0.39 is 0 Å². The first kappa shape index (κ1) is 13.3. The van der Waals surface area contributed by atoms with Gasteiger partial charge >= 0.3 is 20.4 Å². The molecule has 0 amide bonds. The van der Waals surface area contributed by atoms with Crippen molar-refractivity contribution in [3.8, 4) is 0 Å². The molecule has 0 aliphatic rings. The number of hydrogen-bond acceptors (Lipinski definition) is 0. The van der Waals surface area contributed by atoms with Crippen LogP contribution in [-0.4, -0.2) is 20.4 Å². The van der Waals surface area contributed by atoms with Gasteiger partial charge in [-0.05, 0) is 0 Å². The number of rotatable bonds is 2. The monoisotopic (exact) mass is 208 g/mol. The standard InChI is InChI=1S/C6H5.C5H11.ClH.Mg/c1-2-4-6-5-3-1;1-5(2,3)4;;/h1-5H;1H2,2-4H3;1H;. The van der Waals surface area contributed by atoms with Crippen LogP contribution < -0.4 is 3.69 Å². The highest BCUT2D eigenvalue weighted by Crippen LogP contribution is 2.17. The molecule has 0 aliphatic heterocycles. The van der Waals surface area contributed by atoms with Crippen molar-refractivity contribution in [2.75, 3.05) is 0 Å². The van der Waals surface area contributed by atoms with E-state index in [0.29, 0.717) is 5.41 Å². The van der Waals surface area contributed by atoms with Crippen molar-refractivity contribution >= 4 is 36.5 Å². The molecule has 13 heavy (non-hydrogen) atoms. The lowest BCUT2D eigenvalue weighted by Gasteiger charge is -2.17. The lowest BCUT2D eigenvalue weighted by molar-refractivity contribution is 0.468. The van der Waals surface area contributed by atoms with Gasteiger partial charge in [-0.3, -0.25) is 0 Å². The van der Waals surface area contributed by atoms with Crippen LogP contribution in [0.15, 0.2) is 30.3 Å². The summed E-state index contributed by atoms with van der Waals surface area (Å²) in [7, 11) is 0. The lowest BCUT2D eigenvalue weighted by Crippen LogP contribution is -2.19. The molecule has 0 unspecified atom stereocenters. The van der Waals surface area contributed by atoms with Gasteiger partial charge in [-0.1, -0.05) is 56.5 Å². The van der Waals surface area contributed by atoms with Gasteiger partial charge in [0.1, 0.15) is 0 Å². The maximum Gasteiger partial charge on any atom is 0.409 e. The fourth-order valence-electron chi connectivity index (χ4n) is 1.16. The molecule has 0 aliphatic carbocycles. The first-order valence-electron chi connectivity index (χ1n) is 4.62. The molecule has 0 spiro atoms. The van der Waals surface area contributed by atoms with Crippen molar-refractivity contribution in [1.29, 1.82) is 0 Å². The van der Waals surface area contributed by atoms with E-state index in [1.54, 1.807) is 3.69 Å². The quantitative estimate of drug-likeness (QED) is 0.657. The van der Waals surface area contributed by atoms with Crippen LogP contribution in [-0.2, 0) is 0 Å². The topological polar surface area (TPSA) is 0 Å². The summed E-state index contributed by atoms with van der Waals surface area (Å²) in [5.41, 5.74) is 0.516. The molecule has 2 heteroatoms. The SMILES string of the molecule is CC(C)(C)[CH2][Mg][c]1ccccc1.Cl. The predicted molar refractivity (Wildman–Crippen MR) is 63.3 cm³/mol. The lowest BCUT2D eigenvalue weighted by atomic mass is 10.0. The molecule has 0 aromatic heterocycles. The van der Waals surface area contributed by atoms with Crippen molar-refractivity contribution < 1.29 is 0 Å². The number of halogens is 1. The smallest absolute Gasteiger partial charge is 0.174 e. The highest BCUT2D eigenvalue weighted by Gasteiger charge is 2.11. The zero-order valence-electron chi connectivity index (χ0n) is 8.71. The van der Waals surface area contributed by atoms with Crippen LogP contribution in [0, 0.1) is 5.41 Å². The minimum atomic E-state index is -0.0156. The molecule has 70 valence electrons. The van der Waals surface area contributed by atoms with Gasteiger partial charge < -0.3 is 0 Å². The summed E-state index contributed by atoms with van der Waals surface area (Å²) in [6.45, 7) is 6.97. The highest BCUT2D eigenvalue weighted by atomic mass is 35.5. The van der Waals surface area contributed by atoms with Crippen LogP contribution >= 0.6 is 12.4 Å². The Balaban J connectivity index is 0.00000144. The fourth-order valence-corrected chi connectivity index (χ4v) is 2.81. The number of benzene rings is 1. The Morgan fingerprint density at radius 3 is 2.08 bits per heavy atom. The first-order valence-corrected chi connectivity index (χ1v) is 6.32. The van der Waals surface area contributed by atoms with E-state index in [0.717, 1.165) is 0 Å². The second-order valence-corrected chi connectivity index (χ2v) is 6.36. The van der Waals surface area contributed by atoms with E-state index >= 15 is 0 Å². The molecule has 1 aromatic carbocycles. The van der Waals surface area contributed by atoms with Gasteiger partial charge in [0.05, 0.1) is 0 Å². The summed E-state index contributed by atoms with van der Waals surface area (Å²) in [4.78, 5) is 0. The molecule has 0 N–H and O–H groups in total. The summed E-state index contributed by atoms with van der Waals surface area (Å²) < 4.78 is 2.99.